The van der Waals surface area contributed by atoms with Crippen LogP contribution >= 0.6 is 0 Å². The number of hydrogen-bond donors (Lipinski definition) is 7. The van der Waals surface area contributed by atoms with Crippen molar-refractivity contribution in [3.63, 3.8) is 0 Å². The lowest BCUT2D eigenvalue weighted by molar-refractivity contribution is -0.150. The van der Waals surface area contributed by atoms with Crippen LogP contribution in [0.4, 0.5) is 0 Å². The Morgan fingerprint density at radius 2 is 0.624 bits per heavy atom. The molecular weight excluding hydrogens is 1200 g/mol. The van der Waals surface area contributed by atoms with E-state index in [1.807, 2.05) is 42.5 Å². The summed E-state index contributed by atoms with van der Waals surface area (Å²) >= 11 is 0. The number of rotatable bonds is 41. The molecular formula is C70H80N6O17. The number of carbonyl (C=O) groups is 10. The van der Waals surface area contributed by atoms with Crippen LogP contribution in [0.15, 0.2) is 182 Å². The van der Waals surface area contributed by atoms with E-state index >= 15 is 0 Å². The summed E-state index contributed by atoms with van der Waals surface area (Å²) in [7, 11) is 0. The number of ether oxygens (including phenoxy) is 6. The molecule has 6 atom stereocenters. The number of esters is 4. The molecule has 23 heteroatoms. The zero-order valence-corrected chi connectivity index (χ0v) is 51.6. The van der Waals surface area contributed by atoms with Gasteiger partial charge in [0.2, 0.25) is 29.5 Å². The number of nitrogens with two attached hydrogens (primary N) is 1. The average molecular weight is 1280 g/mol. The van der Waals surface area contributed by atoms with E-state index < -0.39 is 134 Å². The maximum Gasteiger partial charge on any atom is 0.329 e. The third kappa shape index (κ3) is 30.1. The predicted octanol–water partition coefficient (Wildman–Crippen LogP) is 6.13. The number of carboxylic acids is 1. The molecule has 23 nitrogen and oxygen atoms in total. The first-order valence-corrected chi connectivity index (χ1v) is 30.5. The largest absolute Gasteiger partial charge is 0.481 e. The lowest BCUT2D eigenvalue weighted by Gasteiger charge is -2.24. The second-order valence-corrected chi connectivity index (χ2v) is 22.0. The molecule has 0 aliphatic rings. The maximum absolute atomic E-state index is 14.3. The molecule has 0 heterocycles. The summed E-state index contributed by atoms with van der Waals surface area (Å²) < 4.78 is 33.6. The second-order valence-electron chi connectivity index (χ2n) is 22.0. The van der Waals surface area contributed by atoms with Gasteiger partial charge in [-0.15, -0.1) is 0 Å². The Morgan fingerprint density at radius 3 is 1.00 bits per heavy atom. The van der Waals surface area contributed by atoms with Gasteiger partial charge in [-0.05, 0) is 46.2 Å². The van der Waals surface area contributed by atoms with Crippen LogP contribution in [-0.2, 0) is 116 Å². The predicted molar refractivity (Wildman–Crippen MR) is 339 cm³/mol. The summed E-state index contributed by atoms with van der Waals surface area (Å²) in [6, 6.07) is 46.0. The quantitative estimate of drug-likeness (QED) is 0.0168. The number of aliphatic carboxylic acids is 1. The Balaban J connectivity index is 1.16. The van der Waals surface area contributed by atoms with Crippen molar-refractivity contribution in [1.82, 2.24) is 26.6 Å². The van der Waals surface area contributed by atoms with Crippen molar-refractivity contribution in [2.75, 3.05) is 13.2 Å². The zero-order chi connectivity index (χ0) is 66.4. The van der Waals surface area contributed by atoms with Crippen LogP contribution in [0, 0.1) is 0 Å². The number of carbonyl (C=O) groups excluding carboxylic acids is 9. The van der Waals surface area contributed by atoms with E-state index in [9.17, 15) is 53.1 Å². The molecule has 492 valence electrons. The molecule has 0 spiro atoms. The number of amides is 5. The maximum atomic E-state index is 14.3. The van der Waals surface area contributed by atoms with Gasteiger partial charge in [-0.3, -0.25) is 43.2 Å². The molecule has 5 amide bonds. The van der Waals surface area contributed by atoms with Crippen LogP contribution in [-0.4, -0.2) is 114 Å². The summed E-state index contributed by atoms with van der Waals surface area (Å²) in [5.41, 5.74) is 10.4. The molecule has 0 radical (unpaired) electrons. The molecule has 0 aliphatic carbocycles. The van der Waals surface area contributed by atoms with Crippen molar-refractivity contribution in [1.29, 1.82) is 0 Å². The molecule has 8 N–H and O–H groups in total. The van der Waals surface area contributed by atoms with E-state index in [0.29, 0.717) is 16.7 Å². The third-order valence-corrected chi connectivity index (χ3v) is 14.1. The van der Waals surface area contributed by atoms with E-state index in [0.717, 1.165) is 16.7 Å². The lowest BCUT2D eigenvalue weighted by atomic mass is 10.0. The fraction of sp³-hybridized carbons (Fsp3) is 0.343. The van der Waals surface area contributed by atoms with Gasteiger partial charge in [-0.1, -0.05) is 182 Å². The minimum atomic E-state index is -1.68. The van der Waals surface area contributed by atoms with E-state index in [1.54, 1.807) is 140 Å². The van der Waals surface area contributed by atoms with Crippen LogP contribution in [0.5, 0.6) is 0 Å². The lowest BCUT2D eigenvalue weighted by Crippen LogP contribution is -2.50. The zero-order valence-electron chi connectivity index (χ0n) is 51.6. The van der Waals surface area contributed by atoms with Gasteiger partial charge in [0, 0.05) is 44.2 Å². The minimum absolute atomic E-state index is 0.0296. The van der Waals surface area contributed by atoms with Crippen molar-refractivity contribution in [3.05, 3.63) is 215 Å². The Hall–Kier alpha value is -10.1. The normalized spacial score (nSPS) is 12.8. The molecule has 0 saturated heterocycles. The SMILES string of the molecule is N[C@H](CC(=O)N[C@@H](CCC(=O)OCc1ccccc1)CC(=O)N[C@@H](COCc1ccccc1)CC(=O)N[C@H](CC(=O)N[C@@H](CCC(=O)OCc1ccccc1)CC(=O)N[C@@H](COCc1ccccc1)CC(=O)O)C(=O)OCc1ccccc1)C(=O)OCc1ccccc1. The second kappa shape index (κ2) is 40.6. The summed E-state index contributed by atoms with van der Waals surface area (Å²) in [4.78, 5) is 135. The standard InChI is InChI=1S/C70H80N6O17/c71-59(69(86)92-45-53-27-15-5-16-28-53)39-64(80)72-55(31-33-67(84)90-43-51-23-11-3-12-24-51)35-61(77)74-57(47-88-41-49-19-7-1-8-20-49)37-63(79)76-60(70(87)93-46-54-29-17-6-18-30-54)40-65(81)73-56(32-34-68(85)91-44-52-25-13-4-14-26-52)36-62(78)75-58(38-66(82)83)48-89-42-50-21-9-2-10-22-50/h1-30,55-60H,31-48,71H2,(H,72,80)(H,73,81)(H,74,77)(H,75,78)(H,76,79)(H,82,83)/t55-,56-,57+,58+,59+,60+/m0/s1. The fourth-order valence-electron chi connectivity index (χ4n) is 9.35. The van der Waals surface area contributed by atoms with Crippen LogP contribution < -0.4 is 32.3 Å². The van der Waals surface area contributed by atoms with E-state index in [4.69, 9.17) is 34.2 Å². The van der Waals surface area contributed by atoms with E-state index in [1.165, 1.54) is 0 Å². The fourth-order valence-corrected chi connectivity index (χ4v) is 9.35. The number of hydrogen-bond acceptors (Lipinski definition) is 17. The first kappa shape index (κ1) is 72.0. The topological polar surface area (TPSA) is 332 Å². The minimum Gasteiger partial charge on any atom is -0.481 e. The van der Waals surface area contributed by atoms with Gasteiger partial charge in [0.05, 0.1) is 57.8 Å². The summed E-state index contributed by atoms with van der Waals surface area (Å²) in [6.45, 7) is -0.688. The molecule has 6 aromatic rings. The number of benzene rings is 6. The highest BCUT2D eigenvalue weighted by Gasteiger charge is 2.31. The van der Waals surface area contributed by atoms with Crippen molar-refractivity contribution in [3.8, 4) is 0 Å². The molecule has 0 aliphatic heterocycles. The summed E-state index contributed by atoms with van der Waals surface area (Å²) in [5, 5.41) is 23.1. The molecule has 0 bridgehead atoms. The van der Waals surface area contributed by atoms with Crippen LogP contribution in [0.1, 0.15) is 97.6 Å². The molecule has 0 unspecified atom stereocenters. The summed E-state index contributed by atoms with van der Waals surface area (Å²) in [6.07, 6.45) is -4.04. The van der Waals surface area contributed by atoms with Gasteiger partial charge in [-0.25, -0.2) is 4.79 Å². The Kier molecular flexibility index (Phi) is 31.4. The molecule has 0 aromatic heterocycles. The van der Waals surface area contributed by atoms with Crippen molar-refractivity contribution < 1.29 is 81.5 Å². The smallest absolute Gasteiger partial charge is 0.329 e. The highest BCUT2D eigenvalue weighted by Crippen LogP contribution is 2.14. The number of carboxylic acid groups (broad SMARTS) is 1. The Bertz CT molecular complexity index is 3300. The van der Waals surface area contributed by atoms with Gasteiger partial charge in [0.15, 0.2) is 0 Å². The monoisotopic (exact) mass is 1280 g/mol. The van der Waals surface area contributed by atoms with E-state index in [2.05, 4.69) is 26.6 Å². The molecule has 6 aromatic carbocycles. The van der Waals surface area contributed by atoms with E-state index in [-0.39, 0.29) is 78.5 Å². The average Bonchev–Trinajstić information content (AvgIpc) is 3.17. The molecule has 0 saturated carbocycles. The van der Waals surface area contributed by atoms with Gasteiger partial charge in [-0.2, -0.15) is 0 Å². The van der Waals surface area contributed by atoms with Crippen molar-refractivity contribution in [2.45, 2.75) is 140 Å². The van der Waals surface area contributed by atoms with Gasteiger partial charge in [0.25, 0.3) is 0 Å². The summed E-state index contributed by atoms with van der Waals surface area (Å²) in [5.74, 6) is -8.22. The third-order valence-electron chi connectivity index (χ3n) is 14.1. The molecule has 6 rings (SSSR count). The van der Waals surface area contributed by atoms with Crippen LogP contribution in [0.3, 0.4) is 0 Å². The highest BCUT2D eigenvalue weighted by atomic mass is 16.5. The molecule has 93 heavy (non-hydrogen) atoms. The van der Waals surface area contributed by atoms with Crippen LogP contribution in [0.25, 0.3) is 0 Å². The number of nitrogens with one attached hydrogen (secondary N) is 5. The first-order chi connectivity index (χ1) is 45.0. The first-order valence-electron chi connectivity index (χ1n) is 30.5. The van der Waals surface area contributed by atoms with Crippen molar-refractivity contribution in [2.24, 2.45) is 5.73 Å². The van der Waals surface area contributed by atoms with Crippen molar-refractivity contribution >= 4 is 59.4 Å². The Morgan fingerprint density at radius 1 is 0.333 bits per heavy atom. The van der Waals surface area contributed by atoms with Gasteiger partial charge >= 0.3 is 29.8 Å². The molecule has 0 fully saturated rings. The Labute approximate surface area is 539 Å². The van der Waals surface area contributed by atoms with Gasteiger partial charge in [0.1, 0.15) is 38.5 Å². The van der Waals surface area contributed by atoms with Gasteiger partial charge < -0.3 is 65.8 Å². The highest BCUT2D eigenvalue weighted by molar-refractivity contribution is 5.90. The van der Waals surface area contributed by atoms with Crippen LogP contribution in [0.2, 0.25) is 0 Å².